The lowest BCUT2D eigenvalue weighted by Crippen LogP contribution is -2.27. The van der Waals surface area contributed by atoms with Crippen molar-refractivity contribution < 1.29 is 0 Å². The van der Waals surface area contributed by atoms with Gasteiger partial charge in [-0.25, -0.2) is 0 Å². The van der Waals surface area contributed by atoms with Crippen LogP contribution in [0.3, 0.4) is 0 Å². The maximum Gasteiger partial charge on any atom is 0.0397 e. The van der Waals surface area contributed by atoms with Crippen molar-refractivity contribution in [2.75, 3.05) is 18.5 Å². The summed E-state index contributed by atoms with van der Waals surface area (Å²) >= 11 is 0. The van der Waals surface area contributed by atoms with E-state index in [2.05, 4.69) is 42.4 Å². The second-order valence-corrected chi connectivity index (χ2v) is 5.64. The van der Waals surface area contributed by atoms with Gasteiger partial charge in [0.15, 0.2) is 0 Å². The van der Waals surface area contributed by atoms with Gasteiger partial charge in [0.1, 0.15) is 0 Å². The first kappa shape index (κ1) is 11.1. The van der Waals surface area contributed by atoms with Crippen LogP contribution in [0.1, 0.15) is 30.9 Å². The second kappa shape index (κ2) is 4.34. The van der Waals surface area contributed by atoms with Crippen LogP contribution < -0.4 is 10.2 Å². The zero-order chi connectivity index (χ0) is 11.8. The lowest BCUT2D eigenvalue weighted by Gasteiger charge is -2.14. The van der Waals surface area contributed by atoms with Crippen LogP contribution in [-0.2, 0) is 13.0 Å². The van der Waals surface area contributed by atoms with Gasteiger partial charge in [0, 0.05) is 31.9 Å². The van der Waals surface area contributed by atoms with Gasteiger partial charge in [0.2, 0.25) is 0 Å². The number of nitrogens with one attached hydrogen (secondary N) is 1. The number of nitrogens with zero attached hydrogens (tertiary/aromatic N) is 1. The fraction of sp³-hybridized carbons (Fsp3) is 0.600. The second-order valence-electron chi connectivity index (χ2n) is 5.64. The van der Waals surface area contributed by atoms with Crippen molar-refractivity contribution in [1.82, 2.24) is 5.32 Å². The third kappa shape index (κ3) is 2.32. The Morgan fingerprint density at radius 3 is 3.00 bits per heavy atom. The molecule has 0 spiro atoms. The fourth-order valence-corrected chi connectivity index (χ4v) is 2.77. The van der Waals surface area contributed by atoms with Gasteiger partial charge in [0.05, 0.1) is 0 Å². The van der Waals surface area contributed by atoms with E-state index in [1.807, 2.05) is 0 Å². The van der Waals surface area contributed by atoms with Gasteiger partial charge < -0.3 is 10.2 Å². The Bertz CT molecular complexity index is 409. The quantitative estimate of drug-likeness (QED) is 0.855. The van der Waals surface area contributed by atoms with E-state index in [0.717, 1.165) is 12.5 Å². The number of hydrogen-bond donors (Lipinski definition) is 1. The number of likely N-dealkylation sites (N-methyl/N-ethyl adjacent to an activating group) is 1. The first-order chi connectivity index (χ1) is 8.24. The highest BCUT2D eigenvalue weighted by atomic mass is 15.1. The van der Waals surface area contributed by atoms with Gasteiger partial charge in [-0.15, -0.1) is 0 Å². The number of rotatable bonds is 4. The molecule has 0 bridgehead atoms. The fourth-order valence-electron chi connectivity index (χ4n) is 2.77. The Labute approximate surface area is 104 Å². The molecule has 1 unspecified atom stereocenters. The van der Waals surface area contributed by atoms with E-state index in [9.17, 15) is 0 Å². The number of anilines is 1. The van der Waals surface area contributed by atoms with Crippen LogP contribution in [0, 0.1) is 5.92 Å². The van der Waals surface area contributed by atoms with Gasteiger partial charge in [-0.2, -0.15) is 0 Å². The average Bonchev–Trinajstić information content (AvgIpc) is 3.12. The van der Waals surface area contributed by atoms with E-state index in [4.69, 9.17) is 0 Å². The zero-order valence-electron chi connectivity index (χ0n) is 10.9. The Morgan fingerprint density at radius 2 is 2.24 bits per heavy atom. The first-order valence-corrected chi connectivity index (χ1v) is 6.80. The predicted octanol–water partition coefficient (Wildman–Crippen LogP) is 2.57. The van der Waals surface area contributed by atoms with Gasteiger partial charge in [0.25, 0.3) is 0 Å². The highest BCUT2D eigenvalue weighted by molar-refractivity contribution is 5.58. The highest BCUT2D eigenvalue weighted by Gasteiger charge is 2.27. The van der Waals surface area contributed by atoms with Crippen molar-refractivity contribution in [2.24, 2.45) is 5.92 Å². The molecule has 1 heterocycles. The average molecular weight is 230 g/mol. The van der Waals surface area contributed by atoms with Gasteiger partial charge in [-0.3, -0.25) is 0 Å². The lowest BCUT2D eigenvalue weighted by atomic mass is 10.1. The Morgan fingerprint density at radius 1 is 1.41 bits per heavy atom. The summed E-state index contributed by atoms with van der Waals surface area (Å²) in [6.45, 7) is 4.51. The van der Waals surface area contributed by atoms with Crippen LogP contribution in [0.5, 0.6) is 0 Å². The Hall–Kier alpha value is -1.02. The minimum Gasteiger partial charge on any atom is -0.374 e. The van der Waals surface area contributed by atoms with Crippen LogP contribution in [0.4, 0.5) is 5.69 Å². The maximum atomic E-state index is 3.65. The number of fused-ring (bicyclic) bond motifs is 1. The molecule has 1 N–H and O–H groups in total. The third-order valence-corrected chi connectivity index (χ3v) is 4.23. The van der Waals surface area contributed by atoms with Crippen molar-refractivity contribution in [3.8, 4) is 0 Å². The van der Waals surface area contributed by atoms with Crippen LogP contribution >= 0.6 is 0 Å². The molecule has 1 fully saturated rings. The molecule has 2 heteroatoms. The van der Waals surface area contributed by atoms with Gasteiger partial charge >= 0.3 is 0 Å². The SMILES string of the molecule is CC(NCc1ccc2c(c1)CCN2C)C1CC1. The molecular weight excluding hydrogens is 208 g/mol. The monoisotopic (exact) mass is 230 g/mol. The minimum atomic E-state index is 0.686. The molecule has 1 saturated carbocycles. The molecule has 0 saturated heterocycles. The molecule has 0 aromatic heterocycles. The molecule has 92 valence electrons. The lowest BCUT2D eigenvalue weighted by molar-refractivity contribution is 0.496. The van der Waals surface area contributed by atoms with Gasteiger partial charge in [-0.05, 0) is 49.3 Å². The van der Waals surface area contributed by atoms with E-state index in [1.54, 1.807) is 0 Å². The minimum absolute atomic E-state index is 0.686. The molecule has 0 amide bonds. The van der Waals surface area contributed by atoms with E-state index >= 15 is 0 Å². The smallest absolute Gasteiger partial charge is 0.0397 e. The van der Waals surface area contributed by atoms with Crippen LogP contribution in [-0.4, -0.2) is 19.6 Å². The molecule has 1 aromatic carbocycles. The summed E-state index contributed by atoms with van der Waals surface area (Å²) in [6, 6.07) is 7.62. The molecule has 1 aromatic rings. The van der Waals surface area contributed by atoms with E-state index in [1.165, 1.54) is 42.6 Å². The molecule has 1 aliphatic carbocycles. The van der Waals surface area contributed by atoms with Crippen molar-refractivity contribution in [1.29, 1.82) is 0 Å². The molecule has 17 heavy (non-hydrogen) atoms. The first-order valence-electron chi connectivity index (χ1n) is 6.80. The molecule has 2 nitrogen and oxygen atoms in total. The predicted molar refractivity (Wildman–Crippen MR) is 72.4 cm³/mol. The van der Waals surface area contributed by atoms with E-state index in [0.29, 0.717) is 6.04 Å². The summed E-state index contributed by atoms with van der Waals surface area (Å²) in [5.41, 5.74) is 4.38. The summed E-state index contributed by atoms with van der Waals surface area (Å²) in [7, 11) is 2.18. The van der Waals surface area contributed by atoms with E-state index < -0.39 is 0 Å². The standard InChI is InChI=1S/C15H22N2/c1-11(13-4-5-13)16-10-12-3-6-15-14(9-12)7-8-17(15)2/h3,6,9,11,13,16H,4-5,7-8,10H2,1-2H3. The summed E-state index contributed by atoms with van der Waals surface area (Å²) in [5, 5.41) is 3.65. The van der Waals surface area contributed by atoms with Crippen molar-refractivity contribution in [2.45, 2.75) is 38.8 Å². The molecule has 1 atom stereocenters. The van der Waals surface area contributed by atoms with Crippen molar-refractivity contribution >= 4 is 5.69 Å². The Kier molecular flexibility index (Phi) is 2.83. The van der Waals surface area contributed by atoms with E-state index in [-0.39, 0.29) is 0 Å². The summed E-state index contributed by atoms with van der Waals surface area (Å²) in [4.78, 5) is 2.35. The number of hydrogen-bond acceptors (Lipinski definition) is 2. The maximum absolute atomic E-state index is 3.65. The zero-order valence-corrected chi connectivity index (χ0v) is 10.9. The topological polar surface area (TPSA) is 15.3 Å². The molecule has 2 aliphatic rings. The summed E-state index contributed by atoms with van der Waals surface area (Å²) in [6.07, 6.45) is 4.05. The molecule has 0 radical (unpaired) electrons. The van der Waals surface area contributed by atoms with Crippen LogP contribution in [0.25, 0.3) is 0 Å². The molecule has 3 rings (SSSR count). The Balaban J connectivity index is 1.64. The summed E-state index contributed by atoms with van der Waals surface area (Å²) in [5.74, 6) is 0.940. The van der Waals surface area contributed by atoms with Gasteiger partial charge in [-0.1, -0.05) is 12.1 Å². The highest BCUT2D eigenvalue weighted by Crippen LogP contribution is 2.32. The largest absolute Gasteiger partial charge is 0.374 e. The third-order valence-electron chi connectivity index (χ3n) is 4.23. The number of benzene rings is 1. The van der Waals surface area contributed by atoms with Crippen LogP contribution in [0.15, 0.2) is 18.2 Å². The van der Waals surface area contributed by atoms with Crippen LogP contribution in [0.2, 0.25) is 0 Å². The molecule has 1 aliphatic heterocycles. The molecular formula is C15H22N2. The normalized spacial score (nSPS) is 20.5. The van der Waals surface area contributed by atoms with Crippen molar-refractivity contribution in [3.05, 3.63) is 29.3 Å². The van der Waals surface area contributed by atoms with Crippen molar-refractivity contribution in [3.63, 3.8) is 0 Å². The summed E-state index contributed by atoms with van der Waals surface area (Å²) < 4.78 is 0.